The number of guanidine groups is 1. The van der Waals surface area contributed by atoms with Crippen LogP contribution in [0.1, 0.15) is 61.9 Å². The lowest BCUT2D eigenvalue weighted by atomic mass is 9.97. The molecule has 2 saturated heterocycles. The van der Waals surface area contributed by atoms with E-state index in [0.717, 1.165) is 68.9 Å². The lowest BCUT2D eigenvalue weighted by Crippen LogP contribution is -2.39. The number of nitrogens with zero attached hydrogens (tertiary/aromatic N) is 3. The molecule has 1 N–H and O–H groups in total. The van der Waals surface area contributed by atoms with Crippen molar-refractivity contribution in [1.82, 2.24) is 15.1 Å². The predicted octanol–water partition coefficient (Wildman–Crippen LogP) is 3.76. The zero-order chi connectivity index (χ0) is 19.9. The molecule has 0 aliphatic carbocycles. The van der Waals surface area contributed by atoms with Gasteiger partial charge >= 0.3 is 0 Å². The molecule has 3 rings (SSSR count). The van der Waals surface area contributed by atoms with Crippen molar-refractivity contribution < 1.29 is 4.79 Å². The smallest absolute Gasteiger partial charge is 0.253 e. The minimum Gasteiger partial charge on any atom is -0.352 e. The lowest BCUT2D eigenvalue weighted by Gasteiger charge is -2.26. The van der Waals surface area contributed by atoms with Gasteiger partial charge in [-0.15, -0.1) is 0 Å². The van der Waals surface area contributed by atoms with Crippen LogP contribution in [0.15, 0.2) is 29.3 Å². The fraction of sp³-hybridized carbons (Fsp3) is 0.652. The molecule has 0 spiro atoms. The van der Waals surface area contributed by atoms with Crippen molar-refractivity contribution in [2.24, 2.45) is 16.8 Å². The second-order valence-electron chi connectivity index (χ2n) is 8.68. The van der Waals surface area contributed by atoms with E-state index in [0.29, 0.717) is 0 Å². The average Bonchev–Trinajstić information content (AvgIpc) is 3.16. The summed E-state index contributed by atoms with van der Waals surface area (Å²) in [5, 5.41) is 3.49. The van der Waals surface area contributed by atoms with Gasteiger partial charge < -0.3 is 15.1 Å². The minimum atomic E-state index is 0.170. The van der Waals surface area contributed by atoms with Crippen LogP contribution in [0.25, 0.3) is 0 Å². The van der Waals surface area contributed by atoms with Gasteiger partial charge in [-0.2, -0.15) is 0 Å². The zero-order valence-corrected chi connectivity index (χ0v) is 17.8. The van der Waals surface area contributed by atoms with Gasteiger partial charge in [0, 0.05) is 45.3 Å². The van der Waals surface area contributed by atoms with E-state index in [4.69, 9.17) is 0 Å². The third-order valence-electron chi connectivity index (χ3n) is 5.90. The molecule has 154 valence electrons. The topological polar surface area (TPSA) is 47.9 Å². The van der Waals surface area contributed by atoms with Crippen molar-refractivity contribution in [2.75, 3.05) is 33.2 Å². The molecular weight excluding hydrogens is 348 g/mol. The molecule has 0 aromatic heterocycles. The van der Waals surface area contributed by atoms with Crippen molar-refractivity contribution in [3.63, 3.8) is 0 Å². The fourth-order valence-electron chi connectivity index (χ4n) is 4.44. The summed E-state index contributed by atoms with van der Waals surface area (Å²) in [6.45, 7) is 9.31. The molecule has 0 bridgehead atoms. The second kappa shape index (κ2) is 9.94. The SMILES string of the molecule is CN=C(NCc1ccc(C(=O)N2CCCCC2)cc1)N1CCC(CC(C)C)C1. The summed E-state index contributed by atoms with van der Waals surface area (Å²) in [6, 6.07) is 8.04. The third kappa shape index (κ3) is 5.49. The Morgan fingerprint density at radius 2 is 1.82 bits per heavy atom. The largest absolute Gasteiger partial charge is 0.352 e. The molecule has 1 amide bonds. The maximum atomic E-state index is 12.6. The van der Waals surface area contributed by atoms with E-state index in [9.17, 15) is 4.79 Å². The van der Waals surface area contributed by atoms with Crippen LogP contribution in [-0.4, -0.2) is 54.9 Å². The van der Waals surface area contributed by atoms with Crippen molar-refractivity contribution in [2.45, 2.75) is 52.5 Å². The summed E-state index contributed by atoms with van der Waals surface area (Å²) in [7, 11) is 1.86. The Bertz CT molecular complexity index is 662. The summed E-state index contributed by atoms with van der Waals surface area (Å²) in [4.78, 5) is 21.4. The Labute approximate surface area is 170 Å². The number of nitrogens with one attached hydrogen (secondary N) is 1. The number of carbonyl (C=O) groups excluding carboxylic acids is 1. The van der Waals surface area contributed by atoms with Gasteiger partial charge in [-0.3, -0.25) is 9.79 Å². The van der Waals surface area contributed by atoms with Gasteiger partial charge in [-0.1, -0.05) is 26.0 Å². The van der Waals surface area contributed by atoms with Crippen LogP contribution in [0.5, 0.6) is 0 Å². The standard InChI is InChI=1S/C23H36N4O/c1-18(2)15-20-11-14-27(17-20)23(24-3)25-16-19-7-9-21(10-8-19)22(28)26-12-5-4-6-13-26/h7-10,18,20H,4-6,11-17H2,1-3H3,(H,24,25). The van der Waals surface area contributed by atoms with E-state index >= 15 is 0 Å². The summed E-state index contributed by atoms with van der Waals surface area (Å²) in [6.07, 6.45) is 6.04. The number of piperidine rings is 1. The number of amides is 1. The summed E-state index contributed by atoms with van der Waals surface area (Å²) < 4.78 is 0. The van der Waals surface area contributed by atoms with E-state index in [1.807, 2.05) is 24.1 Å². The van der Waals surface area contributed by atoms with Crippen molar-refractivity contribution in [3.8, 4) is 0 Å². The maximum Gasteiger partial charge on any atom is 0.253 e. The quantitative estimate of drug-likeness (QED) is 0.621. The summed E-state index contributed by atoms with van der Waals surface area (Å²) >= 11 is 0. The number of hydrogen-bond acceptors (Lipinski definition) is 2. The summed E-state index contributed by atoms with van der Waals surface area (Å²) in [5.74, 6) is 2.69. The molecule has 0 radical (unpaired) electrons. The maximum absolute atomic E-state index is 12.6. The fourth-order valence-corrected chi connectivity index (χ4v) is 4.44. The first-order chi connectivity index (χ1) is 13.6. The van der Waals surface area contributed by atoms with Crippen LogP contribution in [0.4, 0.5) is 0 Å². The zero-order valence-electron chi connectivity index (χ0n) is 17.8. The molecule has 5 nitrogen and oxygen atoms in total. The van der Waals surface area contributed by atoms with E-state index in [1.54, 1.807) is 0 Å². The molecule has 28 heavy (non-hydrogen) atoms. The molecule has 5 heteroatoms. The molecule has 1 aromatic carbocycles. The lowest BCUT2D eigenvalue weighted by molar-refractivity contribution is 0.0724. The Hall–Kier alpha value is -2.04. The first-order valence-electron chi connectivity index (χ1n) is 10.9. The number of aliphatic imine (C=N–C) groups is 1. The van der Waals surface area contributed by atoms with Gasteiger partial charge in [-0.05, 0) is 61.6 Å². The Morgan fingerprint density at radius 3 is 2.46 bits per heavy atom. The molecule has 2 aliphatic rings. The first-order valence-corrected chi connectivity index (χ1v) is 10.9. The van der Waals surface area contributed by atoms with Gasteiger partial charge in [-0.25, -0.2) is 0 Å². The first kappa shape index (κ1) is 20.7. The molecule has 2 fully saturated rings. The number of carbonyl (C=O) groups is 1. The normalized spacial score (nSPS) is 20.7. The number of benzene rings is 1. The molecule has 0 saturated carbocycles. The minimum absolute atomic E-state index is 0.170. The van der Waals surface area contributed by atoms with Crippen LogP contribution in [-0.2, 0) is 6.54 Å². The highest BCUT2D eigenvalue weighted by Gasteiger charge is 2.25. The number of hydrogen-bond donors (Lipinski definition) is 1. The molecule has 1 atom stereocenters. The van der Waals surface area contributed by atoms with Crippen molar-refractivity contribution >= 4 is 11.9 Å². The van der Waals surface area contributed by atoms with E-state index in [2.05, 4.69) is 41.2 Å². The average molecular weight is 385 g/mol. The van der Waals surface area contributed by atoms with Crippen LogP contribution in [0.3, 0.4) is 0 Å². The van der Waals surface area contributed by atoms with Crippen LogP contribution < -0.4 is 5.32 Å². The summed E-state index contributed by atoms with van der Waals surface area (Å²) in [5.41, 5.74) is 1.97. The van der Waals surface area contributed by atoms with Gasteiger partial charge in [0.05, 0.1) is 0 Å². The van der Waals surface area contributed by atoms with Crippen molar-refractivity contribution in [1.29, 1.82) is 0 Å². The van der Waals surface area contributed by atoms with Crippen molar-refractivity contribution in [3.05, 3.63) is 35.4 Å². The van der Waals surface area contributed by atoms with Gasteiger partial charge in [0.25, 0.3) is 5.91 Å². The van der Waals surface area contributed by atoms with Crippen LogP contribution >= 0.6 is 0 Å². The third-order valence-corrected chi connectivity index (χ3v) is 5.90. The van der Waals surface area contributed by atoms with E-state index in [1.165, 1.54) is 24.8 Å². The number of likely N-dealkylation sites (tertiary alicyclic amines) is 2. The highest BCUT2D eigenvalue weighted by molar-refractivity contribution is 5.94. The predicted molar refractivity (Wildman–Crippen MR) is 116 cm³/mol. The molecule has 1 aromatic rings. The molecular formula is C23H36N4O. The van der Waals surface area contributed by atoms with Crippen LogP contribution in [0, 0.1) is 11.8 Å². The number of rotatable bonds is 5. The molecule has 1 unspecified atom stereocenters. The highest BCUT2D eigenvalue weighted by atomic mass is 16.2. The van der Waals surface area contributed by atoms with E-state index < -0.39 is 0 Å². The Balaban J connectivity index is 1.50. The van der Waals surface area contributed by atoms with Gasteiger partial charge in [0.1, 0.15) is 0 Å². The highest BCUT2D eigenvalue weighted by Crippen LogP contribution is 2.23. The van der Waals surface area contributed by atoms with E-state index in [-0.39, 0.29) is 5.91 Å². The van der Waals surface area contributed by atoms with Crippen LogP contribution in [0.2, 0.25) is 0 Å². The molecule has 2 heterocycles. The second-order valence-corrected chi connectivity index (χ2v) is 8.68. The van der Waals surface area contributed by atoms with Gasteiger partial charge in [0.2, 0.25) is 0 Å². The Kier molecular flexibility index (Phi) is 7.35. The molecule has 2 aliphatic heterocycles. The monoisotopic (exact) mass is 384 g/mol. The van der Waals surface area contributed by atoms with Gasteiger partial charge in [0.15, 0.2) is 5.96 Å². The Morgan fingerprint density at radius 1 is 1.11 bits per heavy atom.